The molecule has 0 aliphatic carbocycles. The maximum absolute atomic E-state index is 5.61. The number of hydrogen-bond acceptors (Lipinski definition) is 4. The van der Waals surface area contributed by atoms with Gasteiger partial charge in [-0.1, -0.05) is 12.1 Å². The lowest BCUT2D eigenvalue weighted by Crippen LogP contribution is -2.04. The Bertz CT molecular complexity index is 464. The monoisotopic (exact) mass is 232 g/mol. The highest BCUT2D eigenvalue weighted by atomic mass is 16.5. The molecule has 2 N–H and O–H groups in total. The molecule has 0 spiro atoms. The van der Waals surface area contributed by atoms with Gasteiger partial charge in [-0.05, 0) is 30.7 Å². The molecule has 2 rings (SSSR count). The minimum absolute atomic E-state index is 0.423. The smallest absolute Gasteiger partial charge is 0.170 e. The zero-order chi connectivity index (χ0) is 12.1. The molecule has 2 aromatic rings. The summed E-state index contributed by atoms with van der Waals surface area (Å²) in [5, 5.41) is 7.74. The highest BCUT2D eigenvalue weighted by Gasteiger charge is 2.01. The van der Waals surface area contributed by atoms with Crippen LogP contribution in [0.2, 0.25) is 0 Å². The zero-order valence-electron chi connectivity index (χ0n) is 9.84. The number of ether oxygens (including phenoxy) is 1. The number of nitrogens with zero attached hydrogens (tertiary/aromatic N) is 3. The summed E-state index contributed by atoms with van der Waals surface area (Å²) in [7, 11) is 1.89. The Hall–Kier alpha value is -1.88. The first-order valence-corrected chi connectivity index (χ1v) is 5.54. The third kappa shape index (κ3) is 3.04. The molecule has 1 heterocycles. The topological polar surface area (TPSA) is 66.0 Å². The Morgan fingerprint density at radius 1 is 1.29 bits per heavy atom. The summed E-state index contributed by atoms with van der Waals surface area (Å²) in [5.41, 5.74) is 6.71. The summed E-state index contributed by atoms with van der Waals surface area (Å²) in [6.07, 6.45) is 2.55. The van der Waals surface area contributed by atoms with E-state index in [1.165, 1.54) is 5.56 Å². The Morgan fingerprint density at radius 2 is 2.06 bits per heavy atom. The van der Waals surface area contributed by atoms with Gasteiger partial charge in [0.15, 0.2) is 5.82 Å². The van der Waals surface area contributed by atoms with Gasteiger partial charge >= 0.3 is 0 Å². The van der Waals surface area contributed by atoms with Crippen molar-refractivity contribution in [1.82, 2.24) is 14.8 Å². The molecule has 0 saturated heterocycles. The lowest BCUT2D eigenvalue weighted by Gasteiger charge is -2.06. The number of aryl methyl sites for hydroxylation is 1. The lowest BCUT2D eigenvalue weighted by atomic mass is 10.1. The molecule has 17 heavy (non-hydrogen) atoms. The van der Waals surface area contributed by atoms with Gasteiger partial charge in [-0.3, -0.25) is 0 Å². The normalized spacial score (nSPS) is 10.5. The predicted octanol–water partition coefficient (Wildman–Crippen LogP) is 0.895. The van der Waals surface area contributed by atoms with Crippen LogP contribution in [0.5, 0.6) is 5.75 Å². The van der Waals surface area contributed by atoms with Crippen LogP contribution >= 0.6 is 0 Å². The fourth-order valence-corrected chi connectivity index (χ4v) is 1.50. The number of rotatable bonds is 5. The fourth-order valence-electron chi connectivity index (χ4n) is 1.50. The van der Waals surface area contributed by atoms with Crippen LogP contribution in [0.15, 0.2) is 30.6 Å². The molecule has 5 heteroatoms. The maximum atomic E-state index is 5.61. The van der Waals surface area contributed by atoms with Crippen molar-refractivity contribution in [2.45, 2.75) is 13.0 Å². The third-order valence-electron chi connectivity index (χ3n) is 2.53. The van der Waals surface area contributed by atoms with Gasteiger partial charge in [0.25, 0.3) is 0 Å². The standard InChI is InChI=1S/C12H16N4O/c1-16-9-14-15-12(16)8-17-11-4-2-10(3-5-11)6-7-13/h2-5,9H,6-8,13H2,1H3. The molecule has 0 amide bonds. The molecule has 0 unspecified atom stereocenters. The SMILES string of the molecule is Cn1cnnc1COc1ccc(CCN)cc1. The molecule has 1 aromatic carbocycles. The van der Waals surface area contributed by atoms with Gasteiger partial charge in [0, 0.05) is 7.05 Å². The average molecular weight is 232 g/mol. The van der Waals surface area contributed by atoms with E-state index in [0.29, 0.717) is 13.2 Å². The number of nitrogens with two attached hydrogens (primary N) is 1. The summed E-state index contributed by atoms with van der Waals surface area (Å²) in [6, 6.07) is 7.94. The van der Waals surface area contributed by atoms with Gasteiger partial charge in [-0.15, -0.1) is 10.2 Å². The van der Waals surface area contributed by atoms with Crippen LogP contribution in [0.25, 0.3) is 0 Å². The van der Waals surface area contributed by atoms with Crippen molar-refractivity contribution in [3.05, 3.63) is 42.0 Å². The van der Waals surface area contributed by atoms with Crippen molar-refractivity contribution in [2.24, 2.45) is 12.8 Å². The molecular formula is C12H16N4O. The fraction of sp³-hybridized carbons (Fsp3) is 0.333. The van der Waals surface area contributed by atoms with Gasteiger partial charge < -0.3 is 15.0 Å². The first kappa shape index (κ1) is 11.6. The molecule has 0 saturated carbocycles. The zero-order valence-corrected chi connectivity index (χ0v) is 9.84. The molecule has 0 radical (unpaired) electrons. The van der Waals surface area contributed by atoms with Gasteiger partial charge in [0.1, 0.15) is 18.7 Å². The number of hydrogen-bond donors (Lipinski definition) is 1. The van der Waals surface area contributed by atoms with E-state index >= 15 is 0 Å². The van der Waals surface area contributed by atoms with Gasteiger partial charge in [0.05, 0.1) is 0 Å². The van der Waals surface area contributed by atoms with Crippen molar-refractivity contribution >= 4 is 0 Å². The summed E-state index contributed by atoms with van der Waals surface area (Å²) in [6.45, 7) is 1.09. The molecule has 90 valence electrons. The second-order valence-corrected chi connectivity index (χ2v) is 3.83. The van der Waals surface area contributed by atoms with E-state index in [1.807, 2.05) is 35.9 Å². The van der Waals surface area contributed by atoms with Crippen LogP contribution in [0.3, 0.4) is 0 Å². The quantitative estimate of drug-likeness (QED) is 0.831. The maximum Gasteiger partial charge on any atom is 0.170 e. The second-order valence-electron chi connectivity index (χ2n) is 3.83. The molecule has 1 aromatic heterocycles. The first-order valence-electron chi connectivity index (χ1n) is 5.54. The van der Waals surface area contributed by atoms with Crippen LogP contribution in [0.1, 0.15) is 11.4 Å². The van der Waals surface area contributed by atoms with Crippen molar-refractivity contribution in [3.63, 3.8) is 0 Å². The van der Waals surface area contributed by atoms with Crippen LogP contribution in [0, 0.1) is 0 Å². The predicted molar refractivity (Wildman–Crippen MR) is 64.5 cm³/mol. The van der Waals surface area contributed by atoms with E-state index in [4.69, 9.17) is 10.5 Å². The highest BCUT2D eigenvalue weighted by Crippen LogP contribution is 2.13. The molecular weight excluding hydrogens is 216 g/mol. The Balaban J connectivity index is 1.93. The van der Waals surface area contributed by atoms with Crippen LogP contribution in [-0.4, -0.2) is 21.3 Å². The molecule has 5 nitrogen and oxygen atoms in total. The summed E-state index contributed by atoms with van der Waals surface area (Å²) in [4.78, 5) is 0. The van der Waals surface area contributed by atoms with Crippen molar-refractivity contribution < 1.29 is 4.74 Å². The van der Waals surface area contributed by atoms with Gasteiger partial charge in [-0.25, -0.2) is 0 Å². The Labute approximate surface area is 100 Å². The van der Waals surface area contributed by atoms with Crippen molar-refractivity contribution in [1.29, 1.82) is 0 Å². The van der Waals surface area contributed by atoms with Crippen LogP contribution in [-0.2, 0) is 20.1 Å². The van der Waals surface area contributed by atoms with E-state index in [0.717, 1.165) is 18.0 Å². The van der Waals surface area contributed by atoms with Crippen LogP contribution in [0.4, 0.5) is 0 Å². The Kier molecular flexibility index (Phi) is 3.72. The first-order chi connectivity index (χ1) is 8.29. The van der Waals surface area contributed by atoms with E-state index in [9.17, 15) is 0 Å². The summed E-state index contributed by atoms with van der Waals surface area (Å²) >= 11 is 0. The van der Waals surface area contributed by atoms with E-state index < -0.39 is 0 Å². The minimum Gasteiger partial charge on any atom is -0.486 e. The van der Waals surface area contributed by atoms with Crippen LogP contribution < -0.4 is 10.5 Å². The molecule has 0 bridgehead atoms. The van der Waals surface area contributed by atoms with E-state index in [2.05, 4.69) is 10.2 Å². The molecule has 0 fully saturated rings. The second kappa shape index (κ2) is 5.45. The van der Waals surface area contributed by atoms with Crippen molar-refractivity contribution in [3.8, 4) is 5.75 Å². The Morgan fingerprint density at radius 3 is 2.65 bits per heavy atom. The van der Waals surface area contributed by atoms with Crippen molar-refractivity contribution in [2.75, 3.05) is 6.54 Å². The average Bonchev–Trinajstić information content (AvgIpc) is 2.75. The number of aromatic nitrogens is 3. The molecule has 0 aliphatic heterocycles. The number of benzene rings is 1. The summed E-state index contributed by atoms with van der Waals surface area (Å²) < 4.78 is 7.45. The van der Waals surface area contributed by atoms with E-state index in [1.54, 1.807) is 6.33 Å². The van der Waals surface area contributed by atoms with Gasteiger partial charge in [0.2, 0.25) is 0 Å². The lowest BCUT2D eigenvalue weighted by molar-refractivity contribution is 0.291. The largest absolute Gasteiger partial charge is 0.486 e. The highest BCUT2D eigenvalue weighted by molar-refractivity contribution is 5.27. The van der Waals surface area contributed by atoms with E-state index in [-0.39, 0.29) is 0 Å². The van der Waals surface area contributed by atoms with Gasteiger partial charge in [-0.2, -0.15) is 0 Å². The third-order valence-corrected chi connectivity index (χ3v) is 2.53. The molecule has 0 atom stereocenters. The minimum atomic E-state index is 0.423. The molecule has 0 aliphatic rings. The summed E-state index contributed by atoms with van der Waals surface area (Å²) in [5.74, 6) is 1.63.